The zero-order valence-electron chi connectivity index (χ0n) is 11.7. The van der Waals surface area contributed by atoms with Gasteiger partial charge in [-0.2, -0.15) is 0 Å². The first-order valence-corrected chi connectivity index (χ1v) is 5.99. The second-order valence-electron chi connectivity index (χ2n) is 4.36. The highest BCUT2D eigenvalue weighted by molar-refractivity contribution is 5.70. The van der Waals surface area contributed by atoms with Crippen LogP contribution in [-0.4, -0.2) is 32.4 Å². The van der Waals surface area contributed by atoms with Gasteiger partial charge in [-0.25, -0.2) is 0 Å². The summed E-state index contributed by atoms with van der Waals surface area (Å²) >= 11 is 0. The monoisotopic (exact) mass is 268 g/mol. The predicted molar refractivity (Wildman–Crippen MR) is 70.8 cm³/mol. The highest BCUT2D eigenvalue weighted by Gasteiger charge is 2.19. The fourth-order valence-corrected chi connectivity index (χ4v) is 1.88. The lowest BCUT2D eigenvalue weighted by molar-refractivity contribution is -0.141. The number of hydrogen-bond acceptors (Lipinski definition) is 4. The summed E-state index contributed by atoms with van der Waals surface area (Å²) in [5.74, 6) is -0.0971. The van der Waals surface area contributed by atoms with E-state index in [1.807, 2.05) is 12.1 Å². The number of ether oxygens (including phenoxy) is 3. The first-order valence-electron chi connectivity index (χ1n) is 5.99. The van der Waals surface area contributed by atoms with E-state index in [0.717, 1.165) is 11.1 Å². The molecule has 1 aromatic rings. The molecule has 1 unspecified atom stereocenters. The Kier molecular flexibility index (Phi) is 5.63. The summed E-state index contributed by atoms with van der Waals surface area (Å²) in [6, 6.07) is 3.69. The van der Waals surface area contributed by atoms with Crippen LogP contribution in [0.25, 0.3) is 0 Å². The zero-order chi connectivity index (χ0) is 14.4. The minimum absolute atomic E-state index is 0.356. The summed E-state index contributed by atoms with van der Waals surface area (Å²) in [6.07, 6.45) is 0.356. The van der Waals surface area contributed by atoms with E-state index >= 15 is 0 Å². The fraction of sp³-hybridized carbons (Fsp3) is 0.500. The Balaban J connectivity index is 3.16. The van der Waals surface area contributed by atoms with Gasteiger partial charge < -0.3 is 19.3 Å². The van der Waals surface area contributed by atoms with Crippen LogP contribution in [0.2, 0.25) is 0 Å². The Morgan fingerprint density at radius 2 is 1.74 bits per heavy atom. The summed E-state index contributed by atoms with van der Waals surface area (Å²) in [5.41, 5.74) is 1.68. The quantitative estimate of drug-likeness (QED) is 0.820. The minimum atomic E-state index is -0.843. The summed E-state index contributed by atoms with van der Waals surface area (Å²) in [7, 11) is 4.72. The molecule has 0 bridgehead atoms. The van der Waals surface area contributed by atoms with Crippen LogP contribution in [0.3, 0.4) is 0 Å². The van der Waals surface area contributed by atoms with Gasteiger partial charge in [0.1, 0.15) is 11.5 Å². The van der Waals surface area contributed by atoms with Crippen molar-refractivity contribution in [2.75, 3.05) is 21.3 Å². The smallest absolute Gasteiger partial charge is 0.306 e. The van der Waals surface area contributed by atoms with E-state index in [-0.39, 0.29) is 0 Å². The number of carbonyl (C=O) groups is 1. The lowest BCUT2D eigenvalue weighted by Crippen LogP contribution is -2.13. The van der Waals surface area contributed by atoms with Crippen molar-refractivity contribution in [2.24, 2.45) is 5.92 Å². The number of carboxylic acids is 1. The molecule has 5 heteroatoms. The highest BCUT2D eigenvalue weighted by atomic mass is 16.5. The van der Waals surface area contributed by atoms with E-state index in [2.05, 4.69) is 0 Å². The highest BCUT2D eigenvalue weighted by Crippen LogP contribution is 2.33. The minimum Gasteiger partial charge on any atom is -0.496 e. The third-order valence-corrected chi connectivity index (χ3v) is 2.91. The third-order valence-electron chi connectivity index (χ3n) is 2.91. The van der Waals surface area contributed by atoms with E-state index in [4.69, 9.17) is 19.3 Å². The Morgan fingerprint density at radius 3 is 2.11 bits per heavy atom. The van der Waals surface area contributed by atoms with E-state index in [1.54, 1.807) is 28.3 Å². The van der Waals surface area contributed by atoms with Crippen LogP contribution in [0.4, 0.5) is 0 Å². The lowest BCUT2D eigenvalue weighted by atomic mass is 9.98. The van der Waals surface area contributed by atoms with Gasteiger partial charge in [0.2, 0.25) is 0 Å². The van der Waals surface area contributed by atoms with Crippen LogP contribution in [0.1, 0.15) is 18.1 Å². The Bertz CT molecular complexity index is 416. The van der Waals surface area contributed by atoms with Gasteiger partial charge in [-0.15, -0.1) is 0 Å². The second kappa shape index (κ2) is 6.99. The average Bonchev–Trinajstić information content (AvgIpc) is 2.39. The van der Waals surface area contributed by atoms with Gasteiger partial charge in [0.05, 0.1) is 26.7 Å². The molecule has 0 aliphatic heterocycles. The van der Waals surface area contributed by atoms with Gasteiger partial charge in [-0.3, -0.25) is 4.79 Å². The van der Waals surface area contributed by atoms with E-state index in [1.165, 1.54) is 0 Å². The number of rotatable bonds is 7. The van der Waals surface area contributed by atoms with Crippen LogP contribution in [0.5, 0.6) is 11.5 Å². The maximum atomic E-state index is 11.0. The molecule has 0 saturated heterocycles. The molecule has 0 aliphatic rings. The number of methoxy groups -OCH3 is 3. The SMILES string of the molecule is COCc1cc(OC)c(CC(C)C(=O)O)c(OC)c1. The van der Waals surface area contributed by atoms with Gasteiger partial charge in [0.15, 0.2) is 0 Å². The van der Waals surface area contributed by atoms with Crippen LogP contribution in [0.15, 0.2) is 12.1 Å². The molecule has 5 nitrogen and oxygen atoms in total. The van der Waals surface area contributed by atoms with E-state index in [0.29, 0.717) is 24.5 Å². The molecule has 0 heterocycles. The van der Waals surface area contributed by atoms with Crippen LogP contribution in [-0.2, 0) is 22.6 Å². The van der Waals surface area contributed by atoms with E-state index in [9.17, 15) is 4.79 Å². The molecule has 0 aliphatic carbocycles. The predicted octanol–water partition coefficient (Wildman–Crippen LogP) is 2.11. The second-order valence-corrected chi connectivity index (χ2v) is 4.36. The number of carboxylic acid groups (broad SMARTS) is 1. The first kappa shape index (κ1) is 15.3. The standard InChI is InChI=1S/C14H20O5/c1-9(14(15)16)5-11-12(18-3)6-10(8-17-2)7-13(11)19-4/h6-7,9H,5,8H2,1-4H3,(H,15,16). The normalized spacial score (nSPS) is 12.0. The Morgan fingerprint density at radius 1 is 1.21 bits per heavy atom. The molecule has 0 amide bonds. The molecule has 0 saturated carbocycles. The molecule has 1 N–H and O–H groups in total. The van der Waals surface area contributed by atoms with Crippen molar-refractivity contribution in [3.8, 4) is 11.5 Å². The van der Waals surface area contributed by atoms with Crippen molar-refractivity contribution in [2.45, 2.75) is 20.0 Å². The fourth-order valence-electron chi connectivity index (χ4n) is 1.88. The zero-order valence-corrected chi connectivity index (χ0v) is 11.7. The average molecular weight is 268 g/mol. The first-order chi connectivity index (χ1) is 9.03. The number of aliphatic carboxylic acids is 1. The van der Waals surface area contributed by atoms with Crippen molar-refractivity contribution >= 4 is 5.97 Å². The molecule has 1 rings (SSSR count). The van der Waals surface area contributed by atoms with Gasteiger partial charge in [0, 0.05) is 12.7 Å². The summed E-state index contributed by atoms with van der Waals surface area (Å²) in [4.78, 5) is 11.0. The molecular weight excluding hydrogens is 248 g/mol. The van der Waals surface area contributed by atoms with Gasteiger partial charge in [-0.1, -0.05) is 6.92 Å². The summed E-state index contributed by atoms with van der Waals surface area (Å²) < 4.78 is 15.7. The van der Waals surface area contributed by atoms with Gasteiger partial charge in [0.25, 0.3) is 0 Å². The van der Waals surface area contributed by atoms with Crippen LogP contribution < -0.4 is 9.47 Å². The molecule has 0 fully saturated rings. The van der Waals surface area contributed by atoms with Crippen LogP contribution >= 0.6 is 0 Å². The Labute approximate surface area is 113 Å². The third kappa shape index (κ3) is 3.86. The lowest BCUT2D eigenvalue weighted by Gasteiger charge is -2.16. The van der Waals surface area contributed by atoms with Crippen LogP contribution in [0, 0.1) is 5.92 Å². The molecule has 0 spiro atoms. The Hall–Kier alpha value is -1.75. The molecule has 0 aromatic heterocycles. The summed E-state index contributed by atoms with van der Waals surface area (Å²) in [5, 5.41) is 9.01. The molecule has 19 heavy (non-hydrogen) atoms. The molecule has 0 radical (unpaired) electrons. The largest absolute Gasteiger partial charge is 0.496 e. The molecule has 1 aromatic carbocycles. The van der Waals surface area contributed by atoms with Crippen molar-refractivity contribution in [1.29, 1.82) is 0 Å². The molecule has 106 valence electrons. The number of benzene rings is 1. The molecular formula is C14H20O5. The van der Waals surface area contributed by atoms with Crippen molar-refractivity contribution < 1.29 is 24.1 Å². The van der Waals surface area contributed by atoms with E-state index < -0.39 is 11.9 Å². The van der Waals surface area contributed by atoms with Crippen molar-refractivity contribution in [1.82, 2.24) is 0 Å². The topological polar surface area (TPSA) is 65.0 Å². The maximum absolute atomic E-state index is 11.0. The maximum Gasteiger partial charge on any atom is 0.306 e. The summed E-state index contributed by atoms with van der Waals surface area (Å²) in [6.45, 7) is 2.10. The van der Waals surface area contributed by atoms with Crippen molar-refractivity contribution in [3.05, 3.63) is 23.3 Å². The van der Waals surface area contributed by atoms with Gasteiger partial charge in [-0.05, 0) is 24.1 Å². The molecule has 1 atom stereocenters. The number of hydrogen-bond donors (Lipinski definition) is 1. The van der Waals surface area contributed by atoms with Crippen molar-refractivity contribution in [3.63, 3.8) is 0 Å². The van der Waals surface area contributed by atoms with Gasteiger partial charge >= 0.3 is 5.97 Å².